The molecule has 0 radical (unpaired) electrons. The Labute approximate surface area is 157 Å². The Balaban J connectivity index is 2.08. The van der Waals surface area contributed by atoms with Crippen molar-refractivity contribution < 1.29 is 41.4 Å². The van der Waals surface area contributed by atoms with E-state index in [-0.39, 0.29) is 17.1 Å². The first-order chi connectivity index (χ1) is 13.2. The lowest BCUT2D eigenvalue weighted by molar-refractivity contribution is -0.123. The molecule has 6 nitrogen and oxygen atoms in total. The van der Waals surface area contributed by atoms with Crippen molar-refractivity contribution in [3.05, 3.63) is 53.6 Å². The first kappa shape index (κ1) is 21.0. The van der Waals surface area contributed by atoms with Crippen molar-refractivity contribution in [1.82, 2.24) is 0 Å². The van der Waals surface area contributed by atoms with Gasteiger partial charge in [-0.15, -0.1) is 0 Å². The zero-order valence-corrected chi connectivity index (χ0v) is 14.7. The number of anilines is 1. The topological polar surface area (TPSA) is 73.9 Å². The molecule has 1 N–H and O–H groups in total. The summed E-state index contributed by atoms with van der Waals surface area (Å²) in [5.74, 6) is -4.40. The van der Waals surface area contributed by atoms with Crippen LogP contribution in [-0.2, 0) is 9.53 Å². The molecule has 0 unspecified atom stereocenters. The van der Waals surface area contributed by atoms with Gasteiger partial charge in [-0.25, -0.2) is 13.6 Å². The number of esters is 1. The maximum absolute atomic E-state index is 13.6. The van der Waals surface area contributed by atoms with Crippen LogP contribution in [-0.4, -0.2) is 31.7 Å². The van der Waals surface area contributed by atoms with Gasteiger partial charge < -0.3 is 19.5 Å². The highest BCUT2D eigenvalue weighted by Crippen LogP contribution is 2.29. The van der Waals surface area contributed by atoms with Crippen molar-refractivity contribution in [2.75, 3.05) is 12.4 Å². The van der Waals surface area contributed by atoms with Gasteiger partial charge in [-0.2, -0.15) is 8.78 Å². The summed E-state index contributed by atoms with van der Waals surface area (Å²) >= 11 is 0. The summed E-state index contributed by atoms with van der Waals surface area (Å²) in [4.78, 5) is 24.2. The Morgan fingerprint density at radius 1 is 1.04 bits per heavy atom. The molecule has 2 aromatic rings. The van der Waals surface area contributed by atoms with Gasteiger partial charge in [0, 0.05) is 0 Å². The van der Waals surface area contributed by atoms with E-state index >= 15 is 0 Å². The van der Waals surface area contributed by atoms with E-state index in [1.165, 1.54) is 14.0 Å². The van der Waals surface area contributed by atoms with Gasteiger partial charge in [-0.05, 0) is 37.3 Å². The molecular formula is C18H15F4NO5. The lowest BCUT2D eigenvalue weighted by atomic mass is 10.2. The van der Waals surface area contributed by atoms with Gasteiger partial charge in [0.05, 0.1) is 12.7 Å². The highest BCUT2D eigenvalue weighted by atomic mass is 19.3. The third-order valence-electron chi connectivity index (χ3n) is 3.48. The van der Waals surface area contributed by atoms with Gasteiger partial charge in [0.25, 0.3) is 5.91 Å². The summed E-state index contributed by atoms with van der Waals surface area (Å²) in [6.07, 6.45) is -1.41. The molecule has 28 heavy (non-hydrogen) atoms. The molecular weight excluding hydrogens is 386 g/mol. The predicted octanol–water partition coefficient (Wildman–Crippen LogP) is 3.76. The number of carbonyl (C=O) groups excluding carboxylic acids is 2. The van der Waals surface area contributed by atoms with Crippen molar-refractivity contribution in [3.8, 4) is 11.5 Å². The summed E-state index contributed by atoms with van der Waals surface area (Å²) in [7, 11) is 1.18. The summed E-state index contributed by atoms with van der Waals surface area (Å²) in [5, 5.41) is 1.99. The number of benzene rings is 2. The lowest BCUT2D eigenvalue weighted by Gasteiger charge is -2.15. The number of ether oxygens (including phenoxy) is 3. The fraction of sp³-hybridized carbons (Fsp3) is 0.222. The molecule has 1 amide bonds. The molecule has 0 bridgehead atoms. The zero-order chi connectivity index (χ0) is 20.8. The Kier molecular flexibility index (Phi) is 6.80. The van der Waals surface area contributed by atoms with E-state index in [0.29, 0.717) is 0 Å². The second-order valence-corrected chi connectivity index (χ2v) is 5.38. The van der Waals surface area contributed by atoms with Crippen LogP contribution in [0, 0.1) is 11.6 Å². The largest absolute Gasteiger partial charge is 0.493 e. The highest BCUT2D eigenvalue weighted by Gasteiger charge is 2.22. The van der Waals surface area contributed by atoms with E-state index in [4.69, 9.17) is 9.47 Å². The molecule has 0 heterocycles. The third kappa shape index (κ3) is 5.12. The summed E-state index contributed by atoms with van der Waals surface area (Å²) < 4.78 is 65.8. The summed E-state index contributed by atoms with van der Waals surface area (Å²) in [6, 6.07) is 6.31. The molecule has 150 valence electrons. The maximum Gasteiger partial charge on any atom is 0.387 e. The number of methoxy groups -OCH3 is 1. The SMILES string of the molecule is COc1cc(C(=O)O[C@@H](C)C(=O)Nc2c(F)cccc2F)ccc1OC(F)F. The lowest BCUT2D eigenvalue weighted by Crippen LogP contribution is -2.30. The highest BCUT2D eigenvalue weighted by molar-refractivity contribution is 5.97. The molecule has 0 saturated carbocycles. The normalized spacial score (nSPS) is 11.7. The summed E-state index contributed by atoms with van der Waals surface area (Å²) in [5.41, 5.74) is -0.791. The van der Waals surface area contributed by atoms with Crippen LogP contribution in [0.3, 0.4) is 0 Å². The predicted molar refractivity (Wildman–Crippen MR) is 89.5 cm³/mol. The Bertz CT molecular complexity index is 855. The van der Waals surface area contributed by atoms with Crippen molar-refractivity contribution in [2.24, 2.45) is 0 Å². The van der Waals surface area contributed by atoms with E-state index in [1.54, 1.807) is 0 Å². The number of rotatable bonds is 7. The molecule has 0 aliphatic rings. The van der Waals surface area contributed by atoms with Crippen molar-refractivity contribution >= 4 is 17.6 Å². The fourth-order valence-corrected chi connectivity index (χ4v) is 2.11. The van der Waals surface area contributed by atoms with E-state index in [0.717, 1.165) is 36.4 Å². The van der Waals surface area contributed by atoms with E-state index in [2.05, 4.69) is 4.74 Å². The standard InChI is InChI=1S/C18H15F4NO5/c1-9(16(24)23-15-11(19)4-3-5-12(15)20)27-17(25)10-6-7-13(28-18(21)22)14(8-10)26-2/h3-9,18H,1-2H3,(H,23,24)/t9-/m0/s1. The van der Waals surface area contributed by atoms with Crippen LogP contribution in [0.4, 0.5) is 23.2 Å². The van der Waals surface area contributed by atoms with Gasteiger partial charge in [-0.1, -0.05) is 6.07 Å². The minimum Gasteiger partial charge on any atom is -0.493 e. The molecule has 1 atom stereocenters. The van der Waals surface area contributed by atoms with Crippen LogP contribution >= 0.6 is 0 Å². The molecule has 0 fully saturated rings. The molecule has 0 aromatic heterocycles. The minimum absolute atomic E-state index is 0.116. The molecule has 2 rings (SSSR count). The van der Waals surface area contributed by atoms with Crippen LogP contribution in [0.5, 0.6) is 11.5 Å². The maximum atomic E-state index is 13.6. The average Bonchev–Trinajstić information content (AvgIpc) is 2.64. The number of nitrogens with one attached hydrogen (secondary N) is 1. The molecule has 2 aromatic carbocycles. The first-order valence-electron chi connectivity index (χ1n) is 7.81. The van der Waals surface area contributed by atoms with Crippen LogP contribution < -0.4 is 14.8 Å². The minimum atomic E-state index is -3.09. The number of hydrogen-bond acceptors (Lipinski definition) is 5. The Morgan fingerprint density at radius 2 is 1.68 bits per heavy atom. The fourth-order valence-electron chi connectivity index (χ4n) is 2.11. The number of carbonyl (C=O) groups is 2. The Morgan fingerprint density at radius 3 is 2.25 bits per heavy atom. The van der Waals surface area contributed by atoms with Crippen molar-refractivity contribution in [2.45, 2.75) is 19.6 Å². The third-order valence-corrected chi connectivity index (χ3v) is 3.48. The average molecular weight is 401 g/mol. The number of alkyl halides is 2. The number of hydrogen-bond donors (Lipinski definition) is 1. The van der Waals surface area contributed by atoms with Gasteiger partial charge in [0.1, 0.15) is 17.3 Å². The second-order valence-electron chi connectivity index (χ2n) is 5.38. The van der Waals surface area contributed by atoms with Crippen LogP contribution in [0.25, 0.3) is 0 Å². The quantitative estimate of drug-likeness (QED) is 0.565. The smallest absolute Gasteiger partial charge is 0.387 e. The Hall–Kier alpha value is -3.30. The monoisotopic (exact) mass is 401 g/mol. The van der Waals surface area contributed by atoms with Crippen molar-refractivity contribution in [1.29, 1.82) is 0 Å². The summed E-state index contributed by atoms with van der Waals surface area (Å²) in [6.45, 7) is -1.90. The van der Waals surface area contributed by atoms with Crippen molar-refractivity contribution in [3.63, 3.8) is 0 Å². The van der Waals surface area contributed by atoms with Crippen LogP contribution in [0.15, 0.2) is 36.4 Å². The van der Waals surface area contributed by atoms with Crippen LogP contribution in [0.2, 0.25) is 0 Å². The van der Waals surface area contributed by atoms with Gasteiger partial charge >= 0.3 is 12.6 Å². The second kappa shape index (κ2) is 9.07. The van der Waals surface area contributed by atoms with E-state index < -0.39 is 41.9 Å². The van der Waals surface area contributed by atoms with Gasteiger partial charge in [0.2, 0.25) is 0 Å². The van der Waals surface area contributed by atoms with Crippen LogP contribution in [0.1, 0.15) is 17.3 Å². The molecule has 0 spiro atoms. The van der Waals surface area contributed by atoms with Gasteiger partial charge in [0.15, 0.2) is 17.6 Å². The molecule has 0 saturated heterocycles. The molecule has 0 aliphatic heterocycles. The van der Waals surface area contributed by atoms with E-state index in [9.17, 15) is 27.2 Å². The number of halogens is 4. The molecule has 0 aliphatic carbocycles. The van der Waals surface area contributed by atoms with E-state index in [1.807, 2.05) is 5.32 Å². The first-order valence-corrected chi connectivity index (χ1v) is 7.81. The molecule has 10 heteroatoms. The number of amides is 1. The van der Waals surface area contributed by atoms with Gasteiger partial charge in [-0.3, -0.25) is 4.79 Å². The zero-order valence-electron chi connectivity index (χ0n) is 14.7. The number of para-hydroxylation sites is 1.